The number of hydrogen-bond acceptors (Lipinski definition) is 6. The van der Waals surface area contributed by atoms with Gasteiger partial charge in [-0.25, -0.2) is 0 Å². The summed E-state index contributed by atoms with van der Waals surface area (Å²) in [5, 5.41) is 15.8. The van der Waals surface area contributed by atoms with Gasteiger partial charge in [0.1, 0.15) is 5.75 Å². The number of aromatic nitrogens is 3. The molecule has 0 unspecified atom stereocenters. The number of hydrogen-bond donors (Lipinski definition) is 2. The molecule has 0 aliphatic heterocycles. The van der Waals surface area contributed by atoms with Crippen LogP contribution in [0.3, 0.4) is 0 Å². The Labute approximate surface area is 203 Å². The Kier molecular flexibility index (Phi) is 7.49. The largest absolute Gasteiger partial charge is 0.497 e. The standard InChI is InChI=1S/C26H27N5O2S/c1-18-9-10-19(2)23(15-18)31-24(16-27-20-7-5-4-6-8-20)29-30-26(31)34-17-25(32)28-21-11-13-22(33-3)14-12-21/h4-15,27H,16-17H2,1-3H3,(H,28,32). The molecular weight excluding hydrogens is 446 g/mol. The number of nitrogens with one attached hydrogen (secondary N) is 2. The minimum Gasteiger partial charge on any atom is -0.497 e. The van der Waals surface area contributed by atoms with Crippen LogP contribution in [-0.2, 0) is 11.3 Å². The number of amides is 1. The van der Waals surface area contributed by atoms with Gasteiger partial charge in [0.25, 0.3) is 0 Å². The van der Waals surface area contributed by atoms with Crippen molar-refractivity contribution in [1.29, 1.82) is 0 Å². The smallest absolute Gasteiger partial charge is 0.234 e. The average molecular weight is 474 g/mol. The van der Waals surface area contributed by atoms with Crippen molar-refractivity contribution in [1.82, 2.24) is 14.8 Å². The molecule has 4 aromatic rings. The fourth-order valence-corrected chi connectivity index (χ4v) is 4.21. The molecule has 174 valence electrons. The lowest BCUT2D eigenvalue weighted by molar-refractivity contribution is -0.113. The first-order chi connectivity index (χ1) is 16.5. The van der Waals surface area contributed by atoms with Crippen LogP contribution < -0.4 is 15.4 Å². The maximum Gasteiger partial charge on any atom is 0.234 e. The highest BCUT2D eigenvalue weighted by atomic mass is 32.2. The van der Waals surface area contributed by atoms with Crippen molar-refractivity contribution >= 4 is 29.0 Å². The molecule has 4 rings (SSSR count). The van der Waals surface area contributed by atoms with Crippen molar-refractivity contribution in [3.63, 3.8) is 0 Å². The summed E-state index contributed by atoms with van der Waals surface area (Å²) in [5.74, 6) is 1.61. The normalized spacial score (nSPS) is 10.7. The van der Waals surface area contributed by atoms with E-state index in [2.05, 4.69) is 52.9 Å². The molecule has 0 aliphatic rings. The van der Waals surface area contributed by atoms with E-state index in [-0.39, 0.29) is 11.7 Å². The summed E-state index contributed by atoms with van der Waals surface area (Å²) < 4.78 is 7.19. The van der Waals surface area contributed by atoms with Crippen LogP contribution in [0.25, 0.3) is 5.69 Å². The zero-order valence-corrected chi connectivity index (χ0v) is 20.2. The number of anilines is 2. The Balaban J connectivity index is 1.53. The number of carbonyl (C=O) groups excluding carboxylic acids is 1. The first-order valence-corrected chi connectivity index (χ1v) is 11.9. The van der Waals surface area contributed by atoms with Gasteiger partial charge in [-0.3, -0.25) is 9.36 Å². The highest BCUT2D eigenvalue weighted by Crippen LogP contribution is 2.26. The van der Waals surface area contributed by atoms with E-state index in [4.69, 9.17) is 4.74 Å². The van der Waals surface area contributed by atoms with Crippen molar-refractivity contribution in [2.24, 2.45) is 0 Å². The number of thioether (sulfide) groups is 1. The van der Waals surface area contributed by atoms with Gasteiger partial charge in [0.15, 0.2) is 11.0 Å². The number of rotatable bonds is 9. The van der Waals surface area contributed by atoms with Gasteiger partial charge < -0.3 is 15.4 Å². The molecule has 0 saturated heterocycles. The molecule has 34 heavy (non-hydrogen) atoms. The van der Waals surface area contributed by atoms with Crippen molar-refractivity contribution in [2.45, 2.75) is 25.5 Å². The zero-order valence-electron chi connectivity index (χ0n) is 19.4. The molecule has 0 radical (unpaired) electrons. The molecule has 0 atom stereocenters. The van der Waals surface area contributed by atoms with Gasteiger partial charge in [-0.1, -0.05) is 42.1 Å². The number of benzene rings is 3. The Bertz CT molecular complexity index is 1260. The molecule has 3 aromatic carbocycles. The summed E-state index contributed by atoms with van der Waals surface area (Å²) >= 11 is 1.36. The van der Waals surface area contributed by atoms with Gasteiger partial charge in [0.05, 0.1) is 25.1 Å². The van der Waals surface area contributed by atoms with E-state index in [9.17, 15) is 4.79 Å². The van der Waals surface area contributed by atoms with Crippen LogP contribution in [0.4, 0.5) is 11.4 Å². The third-order valence-corrected chi connectivity index (χ3v) is 6.17. The van der Waals surface area contributed by atoms with Crippen LogP contribution in [0.15, 0.2) is 78.0 Å². The van der Waals surface area contributed by atoms with Gasteiger partial charge in [-0.2, -0.15) is 0 Å². The van der Waals surface area contributed by atoms with E-state index in [0.717, 1.165) is 39.8 Å². The maximum atomic E-state index is 12.6. The number of aryl methyl sites for hydroxylation is 2. The molecule has 2 N–H and O–H groups in total. The Hall–Kier alpha value is -3.78. The van der Waals surface area contributed by atoms with Crippen LogP contribution in [-0.4, -0.2) is 33.5 Å². The first-order valence-electron chi connectivity index (χ1n) is 10.9. The molecule has 0 fully saturated rings. The van der Waals surface area contributed by atoms with Crippen molar-refractivity contribution in [3.05, 3.63) is 89.7 Å². The first kappa shape index (κ1) is 23.4. The van der Waals surface area contributed by atoms with Crippen molar-refractivity contribution in [2.75, 3.05) is 23.5 Å². The van der Waals surface area contributed by atoms with Crippen LogP contribution in [0.1, 0.15) is 17.0 Å². The van der Waals surface area contributed by atoms with Gasteiger partial charge in [-0.15, -0.1) is 10.2 Å². The SMILES string of the molecule is COc1ccc(NC(=O)CSc2nnc(CNc3ccccc3)n2-c2cc(C)ccc2C)cc1. The van der Waals surface area contributed by atoms with Gasteiger partial charge in [0, 0.05) is 11.4 Å². The van der Waals surface area contributed by atoms with Crippen LogP contribution in [0, 0.1) is 13.8 Å². The third-order valence-electron chi connectivity index (χ3n) is 5.24. The molecule has 0 spiro atoms. The lowest BCUT2D eigenvalue weighted by Gasteiger charge is -2.14. The summed E-state index contributed by atoms with van der Waals surface area (Å²) in [5.41, 5.74) is 4.98. The molecule has 1 aromatic heterocycles. The van der Waals surface area contributed by atoms with E-state index >= 15 is 0 Å². The Morgan fingerprint density at radius 1 is 0.971 bits per heavy atom. The predicted octanol–water partition coefficient (Wildman–Crippen LogP) is 5.24. The minimum atomic E-state index is -0.116. The molecule has 7 nitrogen and oxygen atoms in total. The highest BCUT2D eigenvalue weighted by molar-refractivity contribution is 7.99. The lowest BCUT2D eigenvalue weighted by atomic mass is 10.1. The molecule has 1 heterocycles. The molecular formula is C26H27N5O2S. The Morgan fingerprint density at radius 3 is 2.47 bits per heavy atom. The van der Waals surface area contributed by atoms with E-state index < -0.39 is 0 Å². The van der Waals surface area contributed by atoms with Crippen LogP contribution in [0.2, 0.25) is 0 Å². The Morgan fingerprint density at radius 2 is 1.74 bits per heavy atom. The molecule has 8 heteroatoms. The highest BCUT2D eigenvalue weighted by Gasteiger charge is 2.17. The number of carbonyl (C=O) groups is 1. The van der Waals surface area contributed by atoms with Crippen molar-refractivity contribution < 1.29 is 9.53 Å². The monoisotopic (exact) mass is 473 g/mol. The topological polar surface area (TPSA) is 81.1 Å². The predicted molar refractivity (Wildman–Crippen MR) is 137 cm³/mol. The molecule has 0 saturated carbocycles. The summed E-state index contributed by atoms with van der Waals surface area (Å²) in [7, 11) is 1.61. The molecule has 1 amide bonds. The maximum absolute atomic E-state index is 12.6. The molecule has 0 bridgehead atoms. The van der Waals surface area contributed by atoms with E-state index in [1.165, 1.54) is 11.8 Å². The quantitative estimate of drug-likeness (QED) is 0.324. The summed E-state index contributed by atoms with van der Waals surface area (Å²) in [6.45, 7) is 4.63. The third kappa shape index (κ3) is 5.77. The number of ether oxygens (including phenoxy) is 1. The summed E-state index contributed by atoms with van der Waals surface area (Å²) in [6, 6.07) is 23.5. The number of nitrogens with zero attached hydrogens (tertiary/aromatic N) is 3. The number of methoxy groups -OCH3 is 1. The van der Waals surface area contributed by atoms with Crippen molar-refractivity contribution in [3.8, 4) is 11.4 Å². The zero-order chi connectivity index (χ0) is 23.9. The minimum absolute atomic E-state index is 0.116. The van der Waals surface area contributed by atoms with E-state index in [1.807, 2.05) is 59.2 Å². The lowest BCUT2D eigenvalue weighted by Crippen LogP contribution is -2.15. The molecule has 0 aliphatic carbocycles. The second-order valence-corrected chi connectivity index (χ2v) is 8.75. The van der Waals surface area contributed by atoms with Crippen LogP contribution >= 0.6 is 11.8 Å². The van der Waals surface area contributed by atoms with Gasteiger partial charge >= 0.3 is 0 Å². The second kappa shape index (κ2) is 10.9. The van der Waals surface area contributed by atoms with E-state index in [1.54, 1.807) is 7.11 Å². The fraction of sp³-hybridized carbons (Fsp3) is 0.192. The van der Waals surface area contributed by atoms with Crippen LogP contribution in [0.5, 0.6) is 5.75 Å². The second-order valence-electron chi connectivity index (χ2n) is 7.81. The summed E-state index contributed by atoms with van der Waals surface area (Å²) in [4.78, 5) is 12.6. The van der Waals surface area contributed by atoms with E-state index in [0.29, 0.717) is 11.7 Å². The summed E-state index contributed by atoms with van der Waals surface area (Å²) in [6.07, 6.45) is 0. The van der Waals surface area contributed by atoms with Gasteiger partial charge in [0.2, 0.25) is 5.91 Å². The average Bonchev–Trinajstić information content (AvgIpc) is 3.26. The number of para-hydroxylation sites is 1. The fourth-order valence-electron chi connectivity index (χ4n) is 3.45. The van der Waals surface area contributed by atoms with Gasteiger partial charge in [-0.05, 0) is 67.4 Å².